The molecule has 0 aromatic heterocycles. The summed E-state index contributed by atoms with van der Waals surface area (Å²) in [6, 6.07) is 0.280. The van der Waals surface area contributed by atoms with Crippen molar-refractivity contribution in [3.8, 4) is 0 Å². The summed E-state index contributed by atoms with van der Waals surface area (Å²) < 4.78 is 5.94. The van der Waals surface area contributed by atoms with Crippen LogP contribution in [0.4, 0.5) is 0 Å². The molecular formula is C22H41N5O2. The number of nitrogens with one attached hydrogen (secondary N) is 2. The zero-order valence-corrected chi connectivity index (χ0v) is 18.7. The van der Waals surface area contributed by atoms with Crippen molar-refractivity contribution in [2.45, 2.75) is 65.0 Å². The number of amides is 1. The van der Waals surface area contributed by atoms with Gasteiger partial charge in [0.2, 0.25) is 5.91 Å². The molecule has 0 aromatic carbocycles. The number of carbonyl (C=O) groups excluding carboxylic acids is 1. The van der Waals surface area contributed by atoms with E-state index in [1.807, 2.05) is 0 Å². The Morgan fingerprint density at radius 3 is 2.69 bits per heavy atom. The third-order valence-corrected chi connectivity index (χ3v) is 6.19. The fourth-order valence-corrected chi connectivity index (χ4v) is 4.79. The Balaban J connectivity index is 1.47. The average molecular weight is 408 g/mol. The number of guanidine groups is 1. The fourth-order valence-electron chi connectivity index (χ4n) is 4.79. The molecule has 2 saturated heterocycles. The highest BCUT2D eigenvalue weighted by Crippen LogP contribution is 2.27. The van der Waals surface area contributed by atoms with Gasteiger partial charge in [0.05, 0.1) is 19.3 Å². The summed E-state index contributed by atoms with van der Waals surface area (Å²) in [6.07, 6.45) is 5.72. The second-order valence-corrected chi connectivity index (χ2v) is 9.26. The molecule has 3 aliphatic rings. The molecule has 3 rings (SSSR count). The van der Waals surface area contributed by atoms with E-state index >= 15 is 0 Å². The number of nitrogens with zero attached hydrogens (tertiary/aromatic N) is 3. The Bertz CT molecular complexity index is 547. The second kappa shape index (κ2) is 11.2. The minimum atomic E-state index is 0.155. The standard InChI is InChI=1S/C22H41N5O2/c1-4-23-22(24-13-20-16-26(11-12-29-20)14-17(2)3)25-19-9-10-27(15-19)21(28)18-7-5-6-8-18/h17-20H,4-16H2,1-3H3,(H2,23,24,25). The van der Waals surface area contributed by atoms with Gasteiger partial charge in [0.15, 0.2) is 5.96 Å². The van der Waals surface area contributed by atoms with Gasteiger partial charge in [-0.2, -0.15) is 0 Å². The third kappa shape index (κ3) is 6.85. The summed E-state index contributed by atoms with van der Waals surface area (Å²) >= 11 is 0. The van der Waals surface area contributed by atoms with Crippen LogP contribution < -0.4 is 10.6 Å². The highest BCUT2D eigenvalue weighted by Gasteiger charge is 2.32. The van der Waals surface area contributed by atoms with Crippen molar-refractivity contribution < 1.29 is 9.53 Å². The van der Waals surface area contributed by atoms with Crippen LogP contribution in [0, 0.1) is 11.8 Å². The quantitative estimate of drug-likeness (QED) is 0.497. The van der Waals surface area contributed by atoms with Crippen LogP contribution in [0.2, 0.25) is 0 Å². The van der Waals surface area contributed by atoms with Crippen molar-refractivity contribution in [1.29, 1.82) is 0 Å². The van der Waals surface area contributed by atoms with Crippen LogP contribution in [0.25, 0.3) is 0 Å². The maximum absolute atomic E-state index is 12.7. The van der Waals surface area contributed by atoms with Crippen LogP contribution in [0.1, 0.15) is 52.9 Å². The highest BCUT2D eigenvalue weighted by molar-refractivity contribution is 5.81. The molecular weight excluding hydrogens is 366 g/mol. The molecule has 2 N–H and O–H groups in total. The van der Waals surface area contributed by atoms with E-state index in [9.17, 15) is 4.79 Å². The lowest BCUT2D eigenvalue weighted by Crippen LogP contribution is -2.47. The molecule has 7 heteroatoms. The minimum absolute atomic E-state index is 0.155. The average Bonchev–Trinajstić information content (AvgIpc) is 3.38. The molecule has 0 aromatic rings. The maximum Gasteiger partial charge on any atom is 0.225 e. The smallest absolute Gasteiger partial charge is 0.225 e. The van der Waals surface area contributed by atoms with Crippen molar-refractivity contribution in [3.63, 3.8) is 0 Å². The molecule has 1 amide bonds. The predicted molar refractivity (Wildman–Crippen MR) is 117 cm³/mol. The predicted octanol–water partition coefficient (Wildman–Crippen LogP) is 1.69. The van der Waals surface area contributed by atoms with E-state index < -0.39 is 0 Å². The second-order valence-electron chi connectivity index (χ2n) is 9.26. The van der Waals surface area contributed by atoms with E-state index in [1.54, 1.807) is 0 Å². The van der Waals surface area contributed by atoms with Crippen LogP contribution in [0.3, 0.4) is 0 Å². The van der Waals surface area contributed by atoms with Gasteiger partial charge in [-0.05, 0) is 32.1 Å². The Morgan fingerprint density at radius 2 is 1.97 bits per heavy atom. The maximum atomic E-state index is 12.7. The zero-order valence-electron chi connectivity index (χ0n) is 18.7. The zero-order chi connectivity index (χ0) is 20.6. The first-order chi connectivity index (χ1) is 14.0. The van der Waals surface area contributed by atoms with E-state index in [0.717, 1.165) is 71.1 Å². The van der Waals surface area contributed by atoms with Crippen LogP contribution >= 0.6 is 0 Å². The number of rotatable bonds is 7. The van der Waals surface area contributed by atoms with Crippen molar-refractivity contribution in [1.82, 2.24) is 20.4 Å². The lowest BCUT2D eigenvalue weighted by atomic mass is 10.1. The first kappa shape index (κ1) is 22.3. The van der Waals surface area contributed by atoms with Crippen molar-refractivity contribution in [3.05, 3.63) is 0 Å². The number of morpholine rings is 1. The Kier molecular flexibility index (Phi) is 8.60. The van der Waals surface area contributed by atoms with E-state index in [4.69, 9.17) is 9.73 Å². The molecule has 1 saturated carbocycles. The molecule has 2 unspecified atom stereocenters. The van der Waals surface area contributed by atoms with Crippen LogP contribution in [0.15, 0.2) is 4.99 Å². The van der Waals surface area contributed by atoms with Crippen LogP contribution in [-0.4, -0.2) is 86.2 Å². The van der Waals surface area contributed by atoms with E-state index in [-0.39, 0.29) is 18.1 Å². The van der Waals surface area contributed by atoms with Gasteiger partial charge in [0, 0.05) is 51.2 Å². The van der Waals surface area contributed by atoms with Crippen molar-refractivity contribution in [2.24, 2.45) is 16.8 Å². The van der Waals surface area contributed by atoms with Gasteiger partial charge < -0.3 is 20.3 Å². The van der Waals surface area contributed by atoms with Gasteiger partial charge in [-0.3, -0.25) is 14.7 Å². The van der Waals surface area contributed by atoms with Gasteiger partial charge in [0.25, 0.3) is 0 Å². The molecule has 2 aliphatic heterocycles. The topological polar surface area (TPSA) is 69.2 Å². The SMILES string of the molecule is CCNC(=NCC1CN(CC(C)C)CCO1)NC1CCN(C(=O)C2CCCC2)C1. The molecule has 2 heterocycles. The number of likely N-dealkylation sites (tertiary alicyclic amines) is 1. The largest absolute Gasteiger partial charge is 0.374 e. The molecule has 0 bridgehead atoms. The highest BCUT2D eigenvalue weighted by atomic mass is 16.5. The molecule has 7 nitrogen and oxygen atoms in total. The van der Waals surface area contributed by atoms with Gasteiger partial charge >= 0.3 is 0 Å². The first-order valence-electron chi connectivity index (χ1n) is 11.7. The van der Waals surface area contributed by atoms with E-state index in [1.165, 1.54) is 12.8 Å². The molecule has 166 valence electrons. The molecule has 1 aliphatic carbocycles. The molecule has 0 spiro atoms. The molecule has 29 heavy (non-hydrogen) atoms. The van der Waals surface area contributed by atoms with E-state index in [2.05, 4.69) is 41.2 Å². The lowest BCUT2D eigenvalue weighted by Gasteiger charge is -2.33. The number of aliphatic imine (C=N–C) groups is 1. The summed E-state index contributed by atoms with van der Waals surface area (Å²) in [7, 11) is 0. The minimum Gasteiger partial charge on any atom is -0.374 e. The summed E-state index contributed by atoms with van der Waals surface area (Å²) in [4.78, 5) is 22.0. The third-order valence-electron chi connectivity index (χ3n) is 6.19. The van der Waals surface area contributed by atoms with Crippen LogP contribution in [0.5, 0.6) is 0 Å². The van der Waals surface area contributed by atoms with Crippen molar-refractivity contribution >= 4 is 11.9 Å². The van der Waals surface area contributed by atoms with Gasteiger partial charge in [0.1, 0.15) is 0 Å². The Labute approximate surface area is 176 Å². The number of carbonyl (C=O) groups is 1. The molecule has 2 atom stereocenters. The fraction of sp³-hybridized carbons (Fsp3) is 0.909. The Hall–Kier alpha value is -1.34. The molecule has 0 radical (unpaired) electrons. The van der Waals surface area contributed by atoms with Crippen molar-refractivity contribution in [2.75, 3.05) is 52.4 Å². The number of hydrogen-bond donors (Lipinski definition) is 2. The van der Waals surface area contributed by atoms with Crippen LogP contribution in [-0.2, 0) is 9.53 Å². The first-order valence-corrected chi connectivity index (χ1v) is 11.7. The summed E-state index contributed by atoms with van der Waals surface area (Å²) in [5.74, 6) is 2.16. The van der Waals surface area contributed by atoms with Gasteiger partial charge in [-0.25, -0.2) is 0 Å². The summed E-state index contributed by atoms with van der Waals surface area (Å²) in [5, 5.41) is 6.91. The number of hydrogen-bond acceptors (Lipinski definition) is 4. The van der Waals surface area contributed by atoms with Gasteiger partial charge in [-0.1, -0.05) is 26.7 Å². The van der Waals surface area contributed by atoms with Gasteiger partial charge in [-0.15, -0.1) is 0 Å². The monoisotopic (exact) mass is 407 g/mol. The van der Waals surface area contributed by atoms with E-state index in [0.29, 0.717) is 18.4 Å². The normalized spacial score (nSPS) is 27.0. The number of ether oxygens (including phenoxy) is 1. The molecule has 3 fully saturated rings. The summed E-state index contributed by atoms with van der Waals surface area (Å²) in [6.45, 7) is 13.6. The lowest BCUT2D eigenvalue weighted by molar-refractivity contribution is -0.134. The Morgan fingerprint density at radius 1 is 1.17 bits per heavy atom. The summed E-state index contributed by atoms with van der Waals surface area (Å²) in [5.41, 5.74) is 0.